The average Bonchev–Trinajstić information content (AvgIpc) is 2.74. The van der Waals surface area contributed by atoms with Crippen LogP contribution in [0.25, 0.3) is 0 Å². The zero-order chi connectivity index (χ0) is 15.8. The van der Waals surface area contributed by atoms with Crippen molar-refractivity contribution in [3.05, 3.63) is 52.8 Å². The van der Waals surface area contributed by atoms with Crippen LogP contribution in [0.4, 0.5) is 0 Å². The van der Waals surface area contributed by atoms with Gasteiger partial charge in [0.1, 0.15) is 0 Å². The second-order valence-corrected chi connectivity index (χ2v) is 5.97. The summed E-state index contributed by atoms with van der Waals surface area (Å²) >= 11 is 0. The molecule has 0 atom stereocenters. The Hall–Kier alpha value is -2.10. The monoisotopic (exact) mass is 285 g/mol. The third kappa shape index (κ3) is 2.58. The van der Waals surface area contributed by atoms with Gasteiger partial charge in [0.15, 0.2) is 5.69 Å². The molecular formula is C17H23N3O. The molecule has 0 aliphatic carbocycles. The molecule has 0 aliphatic heterocycles. The first-order valence-corrected chi connectivity index (χ1v) is 7.10. The van der Waals surface area contributed by atoms with Gasteiger partial charge in [-0.25, -0.2) is 0 Å². The molecule has 1 aromatic carbocycles. The fraction of sp³-hybridized carbons (Fsp3) is 0.412. The summed E-state index contributed by atoms with van der Waals surface area (Å²) in [4.78, 5) is 14.6. The molecule has 4 heteroatoms. The highest BCUT2D eigenvalue weighted by molar-refractivity contribution is 5.94. The van der Waals surface area contributed by atoms with Crippen LogP contribution in [0.5, 0.6) is 0 Å². The van der Waals surface area contributed by atoms with Gasteiger partial charge in [0.2, 0.25) is 0 Å². The Kier molecular flexibility index (Phi) is 3.90. The summed E-state index contributed by atoms with van der Waals surface area (Å²) in [5.41, 5.74) is 3.20. The van der Waals surface area contributed by atoms with Crippen LogP contribution in [0.2, 0.25) is 0 Å². The zero-order valence-corrected chi connectivity index (χ0v) is 13.6. The van der Waals surface area contributed by atoms with E-state index in [1.54, 1.807) is 9.58 Å². The van der Waals surface area contributed by atoms with Crippen molar-refractivity contribution in [2.24, 2.45) is 7.05 Å². The molecule has 21 heavy (non-hydrogen) atoms. The van der Waals surface area contributed by atoms with Gasteiger partial charge in [0.05, 0.1) is 5.54 Å². The molecule has 4 nitrogen and oxygen atoms in total. The normalized spacial score (nSPS) is 11.5. The number of hydrogen-bond acceptors (Lipinski definition) is 2. The topological polar surface area (TPSA) is 38.1 Å². The maximum atomic E-state index is 12.8. The quantitative estimate of drug-likeness (QED) is 0.869. The number of amides is 1. The lowest BCUT2D eigenvalue weighted by atomic mass is 9.92. The molecule has 0 aliphatic rings. The van der Waals surface area contributed by atoms with Crippen LogP contribution < -0.4 is 0 Å². The molecule has 0 fully saturated rings. The number of rotatable bonds is 3. The average molecular weight is 285 g/mol. The molecular weight excluding hydrogens is 262 g/mol. The van der Waals surface area contributed by atoms with Gasteiger partial charge in [0.25, 0.3) is 5.91 Å². The summed E-state index contributed by atoms with van der Waals surface area (Å²) in [6.45, 7) is 8.01. The molecule has 0 bridgehead atoms. The molecule has 0 unspecified atom stereocenters. The highest BCUT2D eigenvalue weighted by Crippen LogP contribution is 2.28. The number of nitrogens with zero attached hydrogens (tertiary/aromatic N) is 3. The van der Waals surface area contributed by atoms with Crippen molar-refractivity contribution in [3.63, 3.8) is 0 Å². The van der Waals surface area contributed by atoms with Crippen molar-refractivity contribution in [2.75, 3.05) is 7.05 Å². The highest BCUT2D eigenvalue weighted by Gasteiger charge is 2.32. The molecule has 2 rings (SSSR count). The summed E-state index contributed by atoms with van der Waals surface area (Å²) in [5.74, 6) is -0.0509. The van der Waals surface area contributed by atoms with E-state index in [0.717, 1.165) is 16.8 Å². The number of hydrogen-bond donors (Lipinski definition) is 0. The van der Waals surface area contributed by atoms with E-state index in [4.69, 9.17) is 0 Å². The van der Waals surface area contributed by atoms with Gasteiger partial charge < -0.3 is 4.90 Å². The van der Waals surface area contributed by atoms with Crippen molar-refractivity contribution >= 4 is 5.91 Å². The van der Waals surface area contributed by atoms with E-state index in [1.165, 1.54) is 0 Å². The minimum absolute atomic E-state index is 0.0509. The molecule has 0 saturated carbocycles. The minimum atomic E-state index is -0.393. The van der Waals surface area contributed by atoms with E-state index in [9.17, 15) is 4.79 Å². The zero-order valence-electron chi connectivity index (χ0n) is 13.6. The van der Waals surface area contributed by atoms with Crippen LogP contribution >= 0.6 is 0 Å². The molecule has 0 spiro atoms. The molecule has 1 amide bonds. The standard InChI is InChI=1S/C17H23N3O/c1-12-13(2)20(6)18-15(12)16(21)19(5)17(3,4)14-10-8-7-9-11-14/h7-11H,1-6H3. The first-order chi connectivity index (χ1) is 9.76. The van der Waals surface area contributed by atoms with Crippen LogP contribution in [-0.2, 0) is 12.6 Å². The Labute approximate surface area is 126 Å². The predicted octanol–water partition coefficient (Wildman–Crippen LogP) is 3.04. The Balaban J connectivity index is 2.37. The van der Waals surface area contributed by atoms with Crippen LogP contribution in [0.1, 0.15) is 41.2 Å². The molecule has 0 radical (unpaired) electrons. The number of carbonyl (C=O) groups excluding carboxylic acids is 1. The molecule has 0 N–H and O–H groups in total. The van der Waals surface area contributed by atoms with E-state index in [0.29, 0.717) is 5.69 Å². The predicted molar refractivity (Wildman–Crippen MR) is 84.2 cm³/mol. The highest BCUT2D eigenvalue weighted by atomic mass is 16.2. The van der Waals surface area contributed by atoms with Crippen LogP contribution in [0.3, 0.4) is 0 Å². The van der Waals surface area contributed by atoms with E-state index in [1.807, 2.05) is 72.1 Å². The van der Waals surface area contributed by atoms with E-state index in [-0.39, 0.29) is 5.91 Å². The van der Waals surface area contributed by atoms with Crippen LogP contribution in [0, 0.1) is 13.8 Å². The van der Waals surface area contributed by atoms with Crippen molar-refractivity contribution in [1.82, 2.24) is 14.7 Å². The second kappa shape index (κ2) is 5.35. The third-order valence-electron chi connectivity index (χ3n) is 4.46. The Morgan fingerprint density at radius 3 is 2.24 bits per heavy atom. The lowest BCUT2D eigenvalue weighted by molar-refractivity contribution is 0.0614. The van der Waals surface area contributed by atoms with E-state index in [2.05, 4.69) is 5.10 Å². The van der Waals surface area contributed by atoms with Crippen LogP contribution in [-0.4, -0.2) is 27.6 Å². The fourth-order valence-corrected chi connectivity index (χ4v) is 2.37. The van der Waals surface area contributed by atoms with Gasteiger partial charge in [-0.05, 0) is 33.3 Å². The number of benzene rings is 1. The number of carbonyl (C=O) groups is 1. The third-order valence-corrected chi connectivity index (χ3v) is 4.46. The summed E-state index contributed by atoms with van der Waals surface area (Å²) in [7, 11) is 3.69. The van der Waals surface area contributed by atoms with Gasteiger partial charge in [0, 0.05) is 25.4 Å². The van der Waals surface area contributed by atoms with Crippen molar-refractivity contribution in [3.8, 4) is 0 Å². The van der Waals surface area contributed by atoms with Crippen molar-refractivity contribution in [1.29, 1.82) is 0 Å². The Morgan fingerprint density at radius 1 is 1.19 bits per heavy atom. The minimum Gasteiger partial charge on any atom is -0.331 e. The number of aryl methyl sites for hydroxylation is 1. The maximum Gasteiger partial charge on any atom is 0.275 e. The Morgan fingerprint density at radius 2 is 1.76 bits per heavy atom. The summed E-state index contributed by atoms with van der Waals surface area (Å²) in [6, 6.07) is 10.0. The lowest BCUT2D eigenvalue weighted by Gasteiger charge is -2.36. The Bertz CT molecular complexity index is 656. The first-order valence-electron chi connectivity index (χ1n) is 7.10. The molecule has 0 saturated heterocycles. The van der Waals surface area contributed by atoms with Crippen LogP contribution in [0.15, 0.2) is 30.3 Å². The first kappa shape index (κ1) is 15.3. The van der Waals surface area contributed by atoms with E-state index < -0.39 is 5.54 Å². The van der Waals surface area contributed by atoms with Gasteiger partial charge >= 0.3 is 0 Å². The largest absolute Gasteiger partial charge is 0.331 e. The maximum absolute atomic E-state index is 12.8. The molecule has 1 aromatic heterocycles. The van der Waals surface area contributed by atoms with E-state index >= 15 is 0 Å². The molecule has 2 aromatic rings. The van der Waals surface area contributed by atoms with Gasteiger partial charge in [-0.1, -0.05) is 30.3 Å². The lowest BCUT2D eigenvalue weighted by Crippen LogP contribution is -2.43. The van der Waals surface area contributed by atoms with Gasteiger partial charge in [-0.3, -0.25) is 9.48 Å². The van der Waals surface area contributed by atoms with Crippen molar-refractivity contribution < 1.29 is 4.79 Å². The summed E-state index contributed by atoms with van der Waals surface area (Å²) in [6.07, 6.45) is 0. The number of aromatic nitrogens is 2. The smallest absolute Gasteiger partial charge is 0.275 e. The summed E-state index contributed by atoms with van der Waals surface area (Å²) < 4.78 is 1.76. The van der Waals surface area contributed by atoms with Crippen molar-refractivity contribution in [2.45, 2.75) is 33.2 Å². The fourth-order valence-electron chi connectivity index (χ4n) is 2.37. The SMILES string of the molecule is Cc1c(C(=O)N(C)C(C)(C)c2ccccc2)nn(C)c1C. The molecule has 1 heterocycles. The molecule has 112 valence electrons. The van der Waals surface area contributed by atoms with Gasteiger partial charge in [-0.15, -0.1) is 0 Å². The summed E-state index contributed by atoms with van der Waals surface area (Å²) in [5, 5.41) is 4.36. The van der Waals surface area contributed by atoms with Gasteiger partial charge in [-0.2, -0.15) is 5.10 Å². The second-order valence-electron chi connectivity index (χ2n) is 5.97.